The van der Waals surface area contributed by atoms with Gasteiger partial charge in [-0.05, 0) is 12.1 Å². The number of anilines is 1. The standard InChI is InChI=1S/C10H7N3O/c11-7-4-12-5-8-9(7)6-2-1-3-13-10(6)14-8/h1-5H,11H2. The molecular weight excluding hydrogens is 178 g/mol. The average molecular weight is 185 g/mol. The molecule has 68 valence electrons. The van der Waals surface area contributed by atoms with Crippen LogP contribution in [0.1, 0.15) is 0 Å². The molecule has 0 saturated carbocycles. The third-order valence-corrected chi connectivity index (χ3v) is 2.19. The molecule has 0 aliphatic carbocycles. The zero-order valence-electron chi connectivity index (χ0n) is 7.27. The summed E-state index contributed by atoms with van der Waals surface area (Å²) in [6.07, 6.45) is 4.95. The Balaban J connectivity index is 2.65. The molecule has 2 N–H and O–H groups in total. The molecule has 3 rings (SSSR count). The van der Waals surface area contributed by atoms with Crippen LogP contribution in [0.3, 0.4) is 0 Å². The maximum atomic E-state index is 5.82. The first-order chi connectivity index (χ1) is 6.86. The number of nitrogens with two attached hydrogens (primary N) is 1. The number of rotatable bonds is 0. The third-order valence-electron chi connectivity index (χ3n) is 2.19. The minimum atomic E-state index is 0.599. The van der Waals surface area contributed by atoms with E-state index in [4.69, 9.17) is 10.2 Å². The fraction of sp³-hybridized carbons (Fsp3) is 0. The molecule has 0 bridgehead atoms. The van der Waals surface area contributed by atoms with Gasteiger partial charge in [0, 0.05) is 6.20 Å². The molecule has 0 radical (unpaired) electrons. The molecule has 3 heterocycles. The Kier molecular flexibility index (Phi) is 1.28. The molecule has 3 aromatic rings. The Morgan fingerprint density at radius 1 is 1.29 bits per heavy atom. The lowest BCUT2D eigenvalue weighted by Gasteiger charge is -1.92. The van der Waals surface area contributed by atoms with E-state index in [1.807, 2.05) is 12.1 Å². The fourth-order valence-corrected chi connectivity index (χ4v) is 1.59. The van der Waals surface area contributed by atoms with Crippen molar-refractivity contribution in [2.45, 2.75) is 0 Å². The van der Waals surface area contributed by atoms with Crippen molar-refractivity contribution in [2.24, 2.45) is 0 Å². The van der Waals surface area contributed by atoms with Gasteiger partial charge in [0.25, 0.3) is 0 Å². The van der Waals surface area contributed by atoms with Gasteiger partial charge in [0.05, 0.1) is 28.9 Å². The first kappa shape index (κ1) is 7.32. The van der Waals surface area contributed by atoms with Crippen molar-refractivity contribution >= 4 is 27.8 Å². The molecule has 0 amide bonds. The zero-order chi connectivity index (χ0) is 9.54. The zero-order valence-corrected chi connectivity index (χ0v) is 7.27. The van der Waals surface area contributed by atoms with E-state index in [-0.39, 0.29) is 0 Å². The summed E-state index contributed by atoms with van der Waals surface area (Å²) in [5.74, 6) is 0. The van der Waals surface area contributed by atoms with Crippen LogP contribution in [0.15, 0.2) is 35.1 Å². The number of nitrogens with zero attached hydrogens (tertiary/aromatic N) is 2. The number of hydrogen-bond donors (Lipinski definition) is 1. The number of pyridine rings is 2. The Bertz CT molecular complexity index is 615. The van der Waals surface area contributed by atoms with Crippen molar-refractivity contribution in [3.8, 4) is 0 Å². The number of nitrogen functional groups attached to an aromatic ring is 1. The van der Waals surface area contributed by atoms with Crippen LogP contribution in [0.4, 0.5) is 5.69 Å². The normalized spacial score (nSPS) is 11.1. The van der Waals surface area contributed by atoms with Crippen LogP contribution >= 0.6 is 0 Å². The molecule has 14 heavy (non-hydrogen) atoms. The predicted octanol–water partition coefficient (Wildman–Crippen LogP) is 1.96. The van der Waals surface area contributed by atoms with Crippen LogP contribution in [0.2, 0.25) is 0 Å². The summed E-state index contributed by atoms with van der Waals surface area (Å²) in [6, 6.07) is 3.79. The molecule has 4 nitrogen and oxygen atoms in total. The molecular formula is C10H7N3O. The van der Waals surface area contributed by atoms with Crippen LogP contribution in [0.5, 0.6) is 0 Å². The van der Waals surface area contributed by atoms with Crippen LogP contribution < -0.4 is 5.73 Å². The summed E-state index contributed by atoms with van der Waals surface area (Å²) in [5.41, 5.74) is 7.71. The van der Waals surface area contributed by atoms with Gasteiger partial charge in [0.15, 0.2) is 5.58 Å². The second kappa shape index (κ2) is 2.45. The monoisotopic (exact) mass is 185 g/mol. The van der Waals surface area contributed by atoms with Crippen molar-refractivity contribution in [2.75, 3.05) is 5.73 Å². The van der Waals surface area contributed by atoms with E-state index in [9.17, 15) is 0 Å². The highest BCUT2D eigenvalue weighted by Crippen LogP contribution is 2.30. The topological polar surface area (TPSA) is 64.9 Å². The molecule has 0 aliphatic rings. The molecule has 4 heteroatoms. The lowest BCUT2D eigenvalue weighted by molar-refractivity contribution is 0.652. The van der Waals surface area contributed by atoms with Gasteiger partial charge in [-0.2, -0.15) is 0 Å². The van der Waals surface area contributed by atoms with Crippen molar-refractivity contribution in [3.63, 3.8) is 0 Å². The minimum Gasteiger partial charge on any atom is -0.436 e. The van der Waals surface area contributed by atoms with E-state index < -0.39 is 0 Å². The maximum absolute atomic E-state index is 5.82. The number of hydrogen-bond acceptors (Lipinski definition) is 4. The molecule has 0 saturated heterocycles. The fourth-order valence-electron chi connectivity index (χ4n) is 1.59. The second-order valence-electron chi connectivity index (χ2n) is 3.06. The van der Waals surface area contributed by atoms with Gasteiger partial charge in [-0.15, -0.1) is 0 Å². The van der Waals surface area contributed by atoms with Gasteiger partial charge in [0.2, 0.25) is 5.71 Å². The highest BCUT2D eigenvalue weighted by atomic mass is 16.3. The van der Waals surface area contributed by atoms with E-state index >= 15 is 0 Å². The first-order valence-electron chi connectivity index (χ1n) is 4.23. The van der Waals surface area contributed by atoms with Crippen molar-refractivity contribution in [1.29, 1.82) is 0 Å². The molecule has 0 unspecified atom stereocenters. The molecule has 0 aliphatic heterocycles. The summed E-state index contributed by atoms with van der Waals surface area (Å²) in [6.45, 7) is 0. The SMILES string of the molecule is Nc1cncc2oc3ncccc3c12. The molecule has 0 fully saturated rings. The second-order valence-corrected chi connectivity index (χ2v) is 3.06. The number of fused-ring (bicyclic) bond motifs is 3. The number of aromatic nitrogens is 2. The summed E-state index contributed by atoms with van der Waals surface area (Å²) >= 11 is 0. The summed E-state index contributed by atoms with van der Waals surface area (Å²) < 4.78 is 5.48. The molecule has 0 aromatic carbocycles. The summed E-state index contributed by atoms with van der Waals surface area (Å²) in [7, 11) is 0. The van der Waals surface area contributed by atoms with E-state index in [2.05, 4.69) is 9.97 Å². The first-order valence-corrected chi connectivity index (χ1v) is 4.23. The van der Waals surface area contributed by atoms with Crippen LogP contribution in [0.25, 0.3) is 22.1 Å². The molecule has 0 spiro atoms. The highest BCUT2D eigenvalue weighted by Gasteiger charge is 2.09. The van der Waals surface area contributed by atoms with Crippen molar-refractivity contribution in [3.05, 3.63) is 30.7 Å². The molecule has 0 atom stereocenters. The van der Waals surface area contributed by atoms with Crippen LogP contribution in [-0.4, -0.2) is 9.97 Å². The lowest BCUT2D eigenvalue weighted by Crippen LogP contribution is -1.86. The summed E-state index contributed by atoms with van der Waals surface area (Å²) in [5, 5.41) is 1.82. The van der Waals surface area contributed by atoms with Crippen LogP contribution in [-0.2, 0) is 0 Å². The predicted molar refractivity (Wildman–Crippen MR) is 53.7 cm³/mol. The number of furan rings is 1. The summed E-state index contributed by atoms with van der Waals surface area (Å²) in [4.78, 5) is 8.07. The Hall–Kier alpha value is -2.10. The maximum Gasteiger partial charge on any atom is 0.227 e. The Morgan fingerprint density at radius 3 is 3.14 bits per heavy atom. The van der Waals surface area contributed by atoms with Crippen LogP contribution in [0, 0.1) is 0 Å². The minimum absolute atomic E-state index is 0.599. The quantitative estimate of drug-likeness (QED) is 0.581. The van der Waals surface area contributed by atoms with E-state index in [1.54, 1.807) is 18.6 Å². The van der Waals surface area contributed by atoms with E-state index in [0.29, 0.717) is 17.0 Å². The van der Waals surface area contributed by atoms with Gasteiger partial charge in [-0.25, -0.2) is 4.98 Å². The smallest absolute Gasteiger partial charge is 0.227 e. The van der Waals surface area contributed by atoms with Gasteiger partial charge < -0.3 is 10.2 Å². The van der Waals surface area contributed by atoms with Gasteiger partial charge in [-0.1, -0.05) is 0 Å². The highest BCUT2D eigenvalue weighted by molar-refractivity contribution is 6.09. The van der Waals surface area contributed by atoms with Crippen molar-refractivity contribution < 1.29 is 4.42 Å². The lowest BCUT2D eigenvalue weighted by atomic mass is 10.2. The average Bonchev–Trinajstić information content (AvgIpc) is 2.57. The largest absolute Gasteiger partial charge is 0.436 e. The van der Waals surface area contributed by atoms with Gasteiger partial charge in [-0.3, -0.25) is 4.98 Å². The van der Waals surface area contributed by atoms with E-state index in [0.717, 1.165) is 10.8 Å². The van der Waals surface area contributed by atoms with Crippen molar-refractivity contribution in [1.82, 2.24) is 9.97 Å². The Labute approximate surface area is 79.4 Å². The van der Waals surface area contributed by atoms with Gasteiger partial charge in [0.1, 0.15) is 0 Å². The Morgan fingerprint density at radius 2 is 2.21 bits per heavy atom. The molecule has 3 aromatic heterocycles. The van der Waals surface area contributed by atoms with Gasteiger partial charge >= 0.3 is 0 Å². The van der Waals surface area contributed by atoms with E-state index in [1.165, 1.54) is 0 Å². The third kappa shape index (κ3) is 0.821.